The number of alkyl halides is 3. The maximum Gasteiger partial charge on any atom is 0.265 e. The van der Waals surface area contributed by atoms with Gasteiger partial charge in [0, 0.05) is 0 Å². The van der Waals surface area contributed by atoms with Crippen LogP contribution < -0.4 is 0 Å². The minimum Gasteiger partial charge on any atom is -0.475 e. The second kappa shape index (κ2) is 6.96. The first kappa shape index (κ1) is 15.9. The Kier molecular flexibility index (Phi) is 5.52. The number of epoxide rings is 1. The van der Waals surface area contributed by atoms with Gasteiger partial charge in [-0.05, 0) is 5.56 Å². The second-order valence-electron chi connectivity index (χ2n) is 4.35. The van der Waals surface area contributed by atoms with E-state index in [0.29, 0.717) is 13.2 Å². The fourth-order valence-electron chi connectivity index (χ4n) is 1.59. The standard InChI is InChI=1S/C13H14Cl3NO3/c14-13(15,16)12(17)19-8-11-10(20-11)7-18-6-9-4-2-1-3-5-9/h1-5,10-11,17H,6-8H2/t10-,11-/m0/s1. The number of rotatable bonds is 6. The van der Waals surface area contributed by atoms with Crippen molar-refractivity contribution in [3.05, 3.63) is 35.9 Å². The van der Waals surface area contributed by atoms with Gasteiger partial charge in [0.25, 0.3) is 3.79 Å². The monoisotopic (exact) mass is 337 g/mol. The van der Waals surface area contributed by atoms with E-state index in [1.54, 1.807) is 0 Å². The van der Waals surface area contributed by atoms with Gasteiger partial charge in [-0.3, -0.25) is 5.41 Å². The zero-order valence-electron chi connectivity index (χ0n) is 10.5. The summed E-state index contributed by atoms with van der Waals surface area (Å²) < 4.78 is 14.1. The Morgan fingerprint density at radius 2 is 1.80 bits per heavy atom. The molecule has 1 aromatic carbocycles. The summed E-state index contributed by atoms with van der Waals surface area (Å²) in [6.45, 7) is 1.20. The van der Waals surface area contributed by atoms with Crippen LogP contribution in [0, 0.1) is 5.41 Å². The molecule has 7 heteroatoms. The first-order chi connectivity index (χ1) is 9.47. The highest BCUT2D eigenvalue weighted by atomic mass is 35.6. The van der Waals surface area contributed by atoms with Crippen molar-refractivity contribution in [2.45, 2.75) is 22.6 Å². The molecule has 20 heavy (non-hydrogen) atoms. The van der Waals surface area contributed by atoms with E-state index in [2.05, 4.69) is 0 Å². The molecule has 0 unspecified atom stereocenters. The van der Waals surface area contributed by atoms with E-state index in [1.807, 2.05) is 30.3 Å². The van der Waals surface area contributed by atoms with Gasteiger partial charge in [0.1, 0.15) is 18.8 Å². The molecule has 1 aliphatic heterocycles. The van der Waals surface area contributed by atoms with Crippen LogP contribution >= 0.6 is 34.8 Å². The summed E-state index contributed by atoms with van der Waals surface area (Å²) in [4.78, 5) is 0. The molecule has 2 rings (SSSR count). The van der Waals surface area contributed by atoms with Crippen molar-refractivity contribution >= 4 is 40.7 Å². The third-order valence-corrected chi connectivity index (χ3v) is 3.25. The predicted octanol–water partition coefficient (Wildman–Crippen LogP) is 3.33. The Bertz CT molecular complexity index is 450. The van der Waals surface area contributed by atoms with Gasteiger partial charge in [0.05, 0.1) is 13.2 Å². The highest BCUT2D eigenvalue weighted by Gasteiger charge is 2.41. The van der Waals surface area contributed by atoms with Crippen LogP contribution in [0.4, 0.5) is 0 Å². The first-order valence-electron chi connectivity index (χ1n) is 6.02. The van der Waals surface area contributed by atoms with Gasteiger partial charge in [0.15, 0.2) is 0 Å². The molecule has 0 amide bonds. The van der Waals surface area contributed by atoms with Gasteiger partial charge >= 0.3 is 0 Å². The van der Waals surface area contributed by atoms with Crippen LogP contribution in [0.1, 0.15) is 5.56 Å². The molecule has 0 aromatic heterocycles. The summed E-state index contributed by atoms with van der Waals surface area (Å²) >= 11 is 16.5. The molecule has 1 aliphatic rings. The number of hydrogen-bond acceptors (Lipinski definition) is 4. The zero-order chi connectivity index (χ0) is 14.6. The maximum absolute atomic E-state index is 7.37. The molecule has 1 heterocycles. The van der Waals surface area contributed by atoms with E-state index < -0.39 is 9.69 Å². The van der Waals surface area contributed by atoms with Crippen LogP contribution in [0.25, 0.3) is 0 Å². The van der Waals surface area contributed by atoms with E-state index in [-0.39, 0.29) is 18.8 Å². The van der Waals surface area contributed by atoms with Gasteiger partial charge < -0.3 is 14.2 Å². The van der Waals surface area contributed by atoms with Gasteiger partial charge in [0.2, 0.25) is 5.90 Å². The van der Waals surface area contributed by atoms with Crippen molar-refractivity contribution in [1.82, 2.24) is 0 Å². The summed E-state index contributed by atoms with van der Waals surface area (Å²) in [5.41, 5.74) is 1.11. The summed E-state index contributed by atoms with van der Waals surface area (Å²) in [6.07, 6.45) is -0.139. The summed E-state index contributed by atoms with van der Waals surface area (Å²) in [5, 5.41) is 7.37. The Morgan fingerprint density at radius 1 is 1.15 bits per heavy atom. The molecule has 1 aromatic rings. The molecule has 2 atom stereocenters. The molecule has 0 aliphatic carbocycles. The molecule has 1 fully saturated rings. The summed E-state index contributed by atoms with van der Waals surface area (Å²) in [5.74, 6) is -0.401. The molecule has 0 spiro atoms. The minimum absolute atomic E-state index is 0.0260. The third kappa shape index (κ3) is 5.11. The van der Waals surface area contributed by atoms with Crippen molar-refractivity contribution < 1.29 is 14.2 Å². The lowest BCUT2D eigenvalue weighted by Gasteiger charge is -2.12. The van der Waals surface area contributed by atoms with Crippen molar-refractivity contribution in [1.29, 1.82) is 5.41 Å². The molecule has 1 saturated heterocycles. The van der Waals surface area contributed by atoms with E-state index in [4.69, 9.17) is 54.4 Å². The SMILES string of the molecule is N=C(OC[C@@H]1O[C@H]1COCc1ccccc1)C(Cl)(Cl)Cl. The molecule has 4 nitrogen and oxygen atoms in total. The molecule has 1 N–H and O–H groups in total. The van der Waals surface area contributed by atoms with Gasteiger partial charge in [-0.1, -0.05) is 65.1 Å². The van der Waals surface area contributed by atoms with Gasteiger partial charge in [-0.25, -0.2) is 0 Å². The Balaban J connectivity index is 1.58. The molecular formula is C13H14Cl3NO3. The second-order valence-corrected chi connectivity index (χ2v) is 6.63. The number of benzene rings is 1. The van der Waals surface area contributed by atoms with Crippen LogP contribution in [0.15, 0.2) is 30.3 Å². The number of ether oxygens (including phenoxy) is 3. The van der Waals surface area contributed by atoms with E-state index in [0.717, 1.165) is 5.56 Å². The summed E-state index contributed by atoms with van der Waals surface area (Å²) in [6, 6.07) is 9.88. The fourth-order valence-corrected chi connectivity index (χ4v) is 1.75. The Hall–Kier alpha value is -0.520. The van der Waals surface area contributed by atoms with Crippen molar-refractivity contribution in [3.8, 4) is 0 Å². The predicted molar refractivity (Wildman–Crippen MR) is 78.7 cm³/mol. The summed E-state index contributed by atoms with van der Waals surface area (Å²) in [7, 11) is 0. The van der Waals surface area contributed by atoms with Crippen LogP contribution in [-0.2, 0) is 20.8 Å². The highest BCUT2D eigenvalue weighted by Crippen LogP contribution is 2.29. The Labute approximate surface area is 132 Å². The lowest BCUT2D eigenvalue weighted by molar-refractivity contribution is 0.104. The minimum atomic E-state index is -1.83. The van der Waals surface area contributed by atoms with Crippen LogP contribution in [0.3, 0.4) is 0 Å². The normalized spacial score (nSPS) is 21.6. The van der Waals surface area contributed by atoms with Crippen LogP contribution in [0.2, 0.25) is 0 Å². The maximum atomic E-state index is 7.37. The van der Waals surface area contributed by atoms with Crippen molar-refractivity contribution in [2.75, 3.05) is 13.2 Å². The lowest BCUT2D eigenvalue weighted by atomic mass is 10.2. The topological polar surface area (TPSA) is 54.8 Å². The Morgan fingerprint density at radius 3 is 2.45 bits per heavy atom. The molecule has 0 radical (unpaired) electrons. The molecular weight excluding hydrogens is 325 g/mol. The van der Waals surface area contributed by atoms with Gasteiger partial charge in [-0.2, -0.15) is 0 Å². The number of hydrogen-bond donors (Lipinski definition) is 1. The van der Waals surface area contributed by atoms with Crippen molar-refractivity contribution in [3.63, 3.8) is 0 Å². The molecule has 0 saturated carbocycles. The van der Waals surface area contributed by atoms with Crippen molar-refractivity contribution in [2.24, 2.45) is 0 Å². The van der Waals surface area contributed by atoms with E-state index in [9.17, 15) is 0 Å². The number of nitrogens with one attached hydrogen (secondary N) is 1. The fraction of sp³-hybridized carbons (Fsp3) is 0.462. The van der Waals surface area contributed by atoms with E-state index >= 15 is 0 Å². The average molecular weight is 339 g/mol. The van der Waals surface area contributed by atoms with Gasteiger partial charge in [-0.15, -0.1) is 0 Å². The third-order valence-electron chi connectivity index (χ3n) is 2.73. The van der Waals surface area contributed by atoms with Crippen LogP contribution in [-0.4, -0.2) is 35.1 Å². The first-order valence-corrected chi connectivity index (χ1v) is 7.16. The lowest BCUT2D eigenvalue weighted by Crippen LogP contribution is -2.23. The number of halogens is 3. The van der Waals surface area contributed by atoms with E-state index in [1.165, 1.54) is 0 Å². The molecule has 110 valence electrons. The smallest absolute Gasteiger partial charge is 0.265 e. The highest BCUT2D eigenvalue weighted by molar-refractivity contribution is 6.76. The largest absolute Gasteiger partial charge is 0.475 e. The quantitative estimate of drug-likeness (QED) is 0.374. The van der Waals surface area contributed by atoms with Crippen LogP contribution in [0.5, 0.6) is 0 Å². The average Bonchev–Trinajstić information content (AvgIpc) is 3.15. The zero-order valence-corrected chi connectivity index (χ0v) is 12.8. The molecule has 0 bridgehead atoms.